The zero-order valence-electron chi connectivity index (χ0n) is 11.2. The maximum absolute atomic E-state index is 11.9. The number of aromatic nitrogens is 1. The summed E-state index contributed by atoms with van der Waals surface area (Å²) in [4.78, 5) is 24.8. The van der Waals surface area contributed by atoms with E-state index in [9.17, 15) is 9.59 Å². The highest BCUT2D eigenvalue weighted by Crippen LogP contribution is 2.03. The van der Waals surface area contributed by atoms with Gasteiger partial charge in [-0.15, -0.1) is 0 Å². The molecule has 0 atom stereocenters. The Morgan fingerprint density at radius 3 is 2.85 bits per heavy atom. The molecule has 110 valence electrons. The summed E-state index contributed by atoms with van der Waals surface area (Å²) in [6.45, 7) is 3.92. The third kappa shape index (κ3) is 4.07. The average molecular weight is 282 g/mol. The lowest BCUT2D eigenvalue weighted by atomic mass is 10.4. The fraction of sp³-hybridized carbons (Fsp3) is 0.538. The first-order valence-electron chi connectivity index (χ1n) is 6.51. The van der Waals surface area contributed by atoms with Crippen molar-refractivity contribution in [1.29, 1.82) is 0 Å². The lowest BCUT2D eigenvalue weighted by molar-refractivity contribution is -0.137. The number of morpholine rings is 1. The minimum atomic E-state index is -1.06. The van der Waals surface area contributed by atoms with E-state index in [1.54, 1.807) is 12.1 Å². The van der Waals surface area contributed by atoms with Crippen LogP contribution in [0.4, 0.5) is 0 Å². The van der Waals surface area contributed by atoms with Crippen molar-refractivity contribution in [3.63, 3.8) is 0 Å². The Morgan fingerprint density at radius 2 is 2.15 bits per heavy atom. The number of rotatable bonds is 6. The van der Waals surface area contributed by atoms with Gasteiger partial charge in [-0.25, -0.2) is 0 Å². The third-order valence-corrected chi connectivity index (χ3v) is 3.06. The number of ether oxygens (including phenoxy) is 2. The maximum Gasteiger partial charge on any atom is 0.323 e. The van der Waals surface area contributed by atoms with E-state index in [2.05, 4.69) is 4.90 Å². The van der Waals surface area contributed by atoms with E-state index >= 15 is 0 Å². The molecule has 1 saturated heterocycles. The molecule has 7 nitrogen and oxygen atoms in total. The largest absolute Gasteiger partial charge is 0.487 e. The standard InChI is InChI=1S/C13H18N2O5/c16-12(17)10-15-3-1-2-11(13(15)18)20-9-6-14-4-7-19-8-5-14/h1-3H,4-10H2,(H,16,17). The molecule has 1 aliphatic rings. The zero-order valence-corrected chi connectivity index (χ0v) is 11.2. The Morgan fingerprint density at radius 1 is 1.40 bits per heavy atom. The van der Waals surface area contributed by atoms with Gasteiger partial charge in [-0.3, -0.25) is 14.5 Å². The summed E-state index contributed by atoms with van der Waals surface area (Å²) in [7, 11) is 0. The van der Waals surface area contributed by atoms with Crippen molar-refractivity contribution >= 4 is 5.97 Å². The summed E-state index contributed by atoms with van der Waals surface area (Å²) < 4.78 is 11.8. The van der Waals surface area contributed by atoms with Crippen LogP contribution in [0.2, 0.25) is 0 Å². The molecule has 2 rings (SSSR count). The van der Waals surface area contributed by atoms with E-state index in [4.69, 9.17) is 14.6 Å². The molecule has 0 aliphatic carbocycles. The number of nitrogens with zero attached hydrogens (tertiary/aromatic N) is 2. The lowest BCUT2D eigenvalue weighted by Gasteiger charge is -2.26. The van der Waals surface area contributed by atoms with Gasteiger partial charge in [-0.1, -0.05) is 0 Å². The molecule has 1 aliphatic heterocycles. The van der Waals surface area contributed by atoms with Gasteiger partial charge in [0.1, 0.15) is 13.2 Å². The highest BCUT2D eigenvalue weighted by atomic mass is 16.5. The minimum absolute atomic E-state index is 0.182. The molecule has 1 aromatic heterocycles. The van der Waals surface area contributed by atoms with Crippen LogP contribution in [0.5, 0.6) is 5.75 Å². The van der Waals surface area contributed by atoms with E-state index in [0.717, 1.165) is 37.4 Å². The van der Waals surface area contributed by atoms with Crippen molar-refractivity contribution < 1.29 is 19.4 Å². The van der Waals surface area contributed by atoms with Gasteiger partial charge >= 0.3 is 5.97 Å². The fourth-order valence-electron chi connectivity index (χ4n) is 2.00. The molecule has 0 unspecified atom stereocenters. The van der Waals surface area contributed by atoms with Crippen molar-refractivity contribution in [2.45, 2.75) is 6.54 Å². The Balaban J connectivity index is 1.89. The number of carboxylic acid groups (broad SMARTS) is 1. The Kier molecular flexibility index (Phi) is 5.14. The molecule has 2 heterocycles. The van der Waals surface area contributed by atoms with Crippen LogP contribution >= 0.6 is 0 Å². The number of hydrogen-bond donors (Lipinski definition) is 1. The molecule has 0 radical (unpaired) electrons. The molecule has 1 aromatic rings. The number of aliphatic carboxylic acids is 1. The molecule has 1 fully saturated rings. The minimum Gasteiger partial charge on any atom is -0.487 e. The number of carboxylic acids is 1. The molecule has 0 spiro atoms. The molecule has 0 aromatic carbocycles. The summed E-state index contributed by atoms with van der Waals surface area (Å²) in [5, 5.41) is 8.71. The molecule has 0 amide bonds. The second-order valence-corrected chi connectivity index (χ2v) is 4.50. The molecular formula is C13H18N2O5. The molecule has 1 N–H and O–H groups in total. The van der Waals surface area contributed by atoms with Crippen LogP contribution in [0.1, 0.15) is 0 Å². The average Bonchev–Trinajstić information content (AvgIpc) is 2.43. The monoisotopic (exact) mass is 282 g/mol. The summed E-state index contributed by atoms with van der Waals surface area (Å²) in [6.07, 6.45) is 1.44. The van der Waals surface area contributed by atoms with Crippen molar-refractivity contribution in [1.82, 2.24) is 9.47 Å². The van der Waals surface area contributed by atoms with E-state index in [-0.39, 0.29) is 12.3 Å². The molecule has 0 bridgehead atoms. The summed E-state index contributed by atoms with van der Waals surface area (Å²) in [5.74, 6) is -0.875. The quantitative estimate of drug-likeness (QED) is 0.767. The van der Waals surface area contributed by atoms with Crippen molar-refractivity contribution in [3.8, 4) is 5.75 Å². The summed E-state index contributed by atoms with van der Waals surface area (Å²) in [6, 6.07) is 3.16. The predicted molar refractivity (Wildman–Crippen MR) is 71.1 cm³/mol. The summed E-state index contributed by atoms with van der Waals surface area (Å²) >= 11 is 0. The Labute approximate surface area is 116 Å². The molecular weight excluding hydrogens is 264 g/mol. The smallest absolute Gasteiger partial charge is 0.323 e. The van der Waals surface area contributed by atoms with Gasteiger partial charge in [-0.2, -0.15) is 0 Å². The van der Waals surface area contributed by atoms with Gasteiger partial charge in [0, 0.05) is 25.8 Å². The van der Waals surface area contributed by atoms with Crippen molar-refractivity contribution in [2.75, 3.05) is 39.5 Å². The number of pyridine rings is 1. The van der Waals surface area contributed by atoms with Gasteiger partial charge in [0.05, 0.1) is 13.2 Å². The Bertz CT molecular complexity index is 508. The normalized spacial score (nSPS) is 16.0. The van der Waals surface area contributed by atoms with Gasteiger partial charge in [0.15, 0.2) is 5.75 Å². The van der Waals surface area contributed by atoms with Gasteiger partial charge in [0.2, 0.25) is 0 Å². The molecule has 7 heteroatoms. The first-order valence-corrected chi connectivity index (χ1v) is 6.51. The predicted octanol–water partition coefficient (Wildman–Crippen LogP) is -0.356. The van der Waals surface area contributed by atoms with E-state index in [1.165, 1.54) is 6.20 Å². The molecule has 20 heavy (non-hydrogen) atoms. The van der Waals surface area contributed by atoms with Crippen LogP contribution in [-0.2, 0) is 16.1 Å². The third-order valence-electron chi connectivity index (χ3n) is 3.06. The van der Waals surface area contributed by atoms with E-state index in [0.29, 0.717) is 6.61 Å². The van der Waals surface area contributed by atoms with E-state index < -0.39 is 11.5 Å². The first kappa shape index (κ1) is 14.5. The fourth-order valence-corrected chi connectivity index (χ4v) is 2.00. The second kappa shape index (κ2) is 7.06. The van der Waals surface area contributed by atoms with Gasteiger partial charge in [0.25, 0.3) is 5.56 Å². The van der Waals surface area contributed by atoms with Crippen molar-refractivity contribution in [3.05, 3.63) is 28.7 Å². The van der Waals surface area contributed by atoms with Crippen LogP contribution in [-0.4, -0.2) is 60.0 Å². The topological polar surface area (TPSA) is 81.0 Å². The van der Waals surface area contributed by atoms with Crippen LogP contribution < -0.4 is 10.3 Å². The molecule has 0 saturated carbocycles. The van der Waals surface area contributed by atoms with Gasteiger partial charge < -0.3 is 19.1 Å². The highest BCUT2D eigenvalue weighted by Gasteiger charge is 2.11. The van der Waals surface area contributed by atoms with Crippen molar-refractivity contribution in [2.24, 2.45) is 0 Å². The number of hydrogen-bond acceptors (Lipinski definition) is 5. The van der Waals surface area contributed by atoms with Crippen LogP contribution in [0.3, 0.4) is 0 Å². The Hall–Kier alpha value is -1.86. The van der Waals surface area contributed by atoms with E-state index in [1.807, 2.05) is 0 Å². The maximum atomic E-state index is 11.9. The second-order valence-electron chi connectivity index (χ2n) is 4.50. The highest BCUT2D eigenvalue weighted by molar-refractivity contribution is 5.66. The SMILES string of the molecule is O=C(O)Cn1cccc(OCCN2CCOCC2)c1=O. The zero-order chi connectivity index (χ0) is 14.4. The first-order chi connectivity index (χ1) is 9.66. The van der Waals surface area contributed by atoms with Gasteiger partial charge in [-0.05, 0) is 12.1 Å². The van der Waals surface area contributed by atoms with Crippen LogP contribution in [0.15, 0.2) is 23.1 Å². The number of carbonyl (C=O) groups is 1. The lowest BCUT2D eigenvalue weighted by Crippen LogP contribution is -2.39. The van der Waals surface area contributed by atoms with Crippen LogP contribution in [0.25, 0.3) is 0 Å². The summed E-state index contributed by atoms with van der Waals surface area (Å²) in [5.41, 5.74) is -0.420. The van der Waals surface area contributed by atoms with Crippen LogP contribution in [0, 0.1) is 0 Å².